The number of benzene rings is 4. The SMILES string of the molecule is Cc1ccc(C)c(NCc2c(OCc3ccccc3F)ccc3ccccc23)c1. The molecule has 146 valence electrons. The first-order valence-electron chi connectivity index (χ1n) is 9.80. The number of hydrogen-bond donors (Lipinski definition) is 1. The predicted molar refractivity (Wildman–Crippen MR) is 118 cm³/mol. The molecule has 29 heavy (non-hydrogen) atoms. The first kappa shape index (κ1) is 19.0. The monoisotopic (exact) mass is 385 g/mol. The van der Waals surface area contributed by atoms with Gasteiger partial charge in [0, 0.05) is 23.4 Å². The van der Waals surface area contributed by atoms with Crippen molar-refractivity contribution in [3.8, 4) is 5.75 Å². The minimum absolute atomic E-state index is 0.196. The largest absolute Gasteiger partial charge is 0.488 e. The average Bonchev–Trinajstić information content (AvgIpc) is 2.74. The maximum absolute atomic E-state index is 14.0. The molecule has 0 saturated heterocycles. The first-order valence-corrected chi connectivity index (χ1v) is 9.80. The van der Waals surface area contributed by atoms with Crippen molar-refractivity contribution in [3.05, 3.63) is 107 Å². The van der Waals surface area contributed by atoms with Gasteiger partial charge in [-0.05, 0) is 53.9 Å². The first-order chi connectivity index (χ1) is 14.1. The van der Waals surface area contributed by atoms with Gasteiger partial charge in [0.1, 0.15) is 18.2 Å². The van der Waals surface area contributed by atoms with E-state index < -0.39 is 0 Å². The molecule has 4 aromatic rings. The highest BCUT2D eigenvalue weighted by molar-refractivity contribution is 5.88. The second-order valence-corrected chi connectivity index (χ2v) is 7.32. The zero-order valence-electron chi connectivity index (χ0n) is 16.7. The van der Waals surface area contributed by atoms with Crippen LogP contribution >= 0.6 is 0 Å². The Bertz CT molecular complexity index is 1150. The molecule has 0 radical (unpaired) electrons. The zero-order valence-corrected chi connectivity index (χ0v) is 16.7. The molecule has 0 atom stereocenters. The summed E-state index contributed by atoms with van der Waals surface area (Å²) in [6.07, 6.45) is 0. The normalized spacial score (nSPS) is 10.9. The molecule has 0 aliphatic carbocycles. The highest BCUT2D eigenvalue weighted by Gasteiger charge is 2.11. The standard InChI is InChI=1S/C26H24FNO/c1-18-11-12-19(2)25(15-18)28-16-23-22-9-5-3-7-20(22)13-14-26(23)29-17-21-8-4-6-10-24(21)27/h3-15,28H,16-17H2,1-2H3. The highest BCUT2D eigenvalue weighted by atomic mass is 19.1. The molecule has 3 heteroatoms. The molecule has 4 aromatic carbocycles. The van der Waals surface area contributed by atoms with Crippen LogP contribution in [0.25, 0.3) is 10.8 Å². The summed E-state index contributed by atoms with van der Waals surface area (Å²) in [5, 5.41) is 5.85. The summed E-state index contributed by atoms with van der Waals surface area (Å²) in [4.78, 5) is 0. The third-order valence-corrected chi connectivity index (χ3v) is 5.19. The number of rotatable bonds is 6. The summed E-state index contributed by atoms with van der Waals surface area (Å²) in [6, 6.07) is 25.4. The number of nitrogens with one attached hydrogen (secondary N) is 1. The lowest BCUT2D eigenvalue weighted by molar-refractivity contribution is 0.297. The number of fused-ring (bicyclic) bond motifs is 1. The Balaban J connectivity index is 1.65. The van der Waals surface area contributed by atoms with E-state index in [9.17, 15) is 4.39 Å². The fourth-order valence-corrected chi connectivity index (χ4v) is 3.51. The molecule has 0 amide bonds. The Morgan fingerprint density at radius 2 is 1.66 bits per heavy atom. The molecule has 0 unspecified atom stereocenters. The van der Waals surface area contributed by atoms with E-state index in [1.54, 1.807) is 12.1 Å². The maximum Gasteiger partial charge on any atom is 0.129 e. The van der Waals surface area contributed by atoms with Crippen molar-refractivity contribution in [2.75, 3.05) is 5.32 Å². The van der Waals surface area contributed by atoms with Crippen molar-refractivity contribution in [1.82, 2.24) is 0 Å². The Morgan fingerprint density at radius 3 is 2.52 bits per heavy atom. The second-order valence-electron chi connectivity index (χ2n) is 7.32. The molecule has 0 aromatic heterocycles. The fourth-order valence-electron chi connectivity index (χ4n) is 3.51. The van der Waals surface area contributed by atoms with Crippen molar-refractivity contribution in [2.45, 2.75) is 27.0 Å². The molecule has 1 N–H and O–H groups in total. The molecule has 0 saturated carbocycles. The van der Waals surface area contributed by atoms with Crippen LogP contribution in [0, 0.1) is 19.7 Å². The molecule has 0 heterocycles. The van der Waals surface area contributed by atoms with Gasteiger partial charge >= 0.3 is 0 Å². The summed E-state index contributed by atoms with van der Waals surface area (Å²) in [6.45, 7) is 5.01. The summed E-state index contributed by atoms with van der Waals surface area (Å²) < 4.78 is 20.1. The van der Waals surface area contributed by atoms with E-state index in [1.165, 1.54) is 17.2 Å². The number of aryl methyl sites for hydroxylation is 2. The van der Waals surface area contributed by atoms with E-state index in [4.69, 9.17) is 4.74 Å². The lowest BCUT2D eigenvalue weighted by Gasteiger charge is -2.17. The van der Waals surface area contributed by atoms with Gasteiger partial charge < -0.3 is 10.1 Å². The molecule has 0 aliphatic rings. The minimum Gasteiger partial charge on any atom is -0.488 e. The van der Waals surface area contributed by atoms with Gasteiger partial charge in [0.15, 0.2) is 0 Å². The highest BCUT2D eigenvalue weighted by Crippen LogP contribution is 2.30. The number of ether oxygens (including phenoxy) is 1. The lowest BCUT2D eigenvalue weighted by Crippen LogP contribution is -2.06. The van der Waals surface area contributed by atoms with Crippen molar-refractivity contribution in [1.29, 1.82) is 0 Å². The summed E-state index contributed by atoms with van der Waals surface area (Å²) >= 11 is 0. The second kappa shape index (κ2) is 8.36. The van der Waals surface area contributed by atoms with Gasteiger partial charge in [0.2, 0.25) is 0 Å². The fraction of sp³-hybridized carbons (Fsp3) is 0.154. The smallest absolute Gasteiger partial charge is 0.129 e. The van der Waals surface area contributed by atoms with Gasteiger partial charge in [-0.15, -0.1) is 0 Å². The molecule has 0 fully saturated rings. The van der Waals surface area contributed by atoms with E-state index in [0.717, 1.165) is 27.8 Å². The minimum atomic E-state index is -0.247. The molecule has 0 spiro atoms. The van der Waals surface area contributed by atoms with E-state index >= 15 is 0 Å². The Morgan fingerprint density at radius 1 is 0.862 bits per heavy atom. The van der Waals surface area contributed by atoms with Gasteiger partial charge in [-0.25, -0.2) is 4.39 Å². The van der Waals surface area contributed by atoms with Gasteiger partial charge in [-0.3, -0.25) is 0 Å². The zero-order chi connectivity index (χ0) is 20.2. The maximum atomic E-state index is 14.0. The van der Waals surface area contributed by atoms with Crippen LogP contribution in [0.3, 0.4) is 0 Å². The average molecular weight is 385 g/mol. The van der Waals surface area contributed by atoms with Crippen molar-refractivity contribution in [2.24, 2.45) is 0 Å². The van der Waals surface area contributed by atoms with Gasteiger partial charge in [-0.2, -0.15) is 0 Å². The van der Waals surface area contributed by atoms with Crippen molar-refractivity contribution >= 4 is 16.5 Å². The Kier molecular flexibility index (Phi) is 5.48. The lowest BCUT2D eigenvalue weighted by atomic mass is 10.0. The molecule has 2 nitrogen and oxygen atoms in total. The van der Waals surface area contributed by atoms with Gasteiger partial charge in [-0.1, -0.05) is 60.7 Å². The van der Waals surface area contributed by atoms with Crippen molar-refractivity contribution < 1.29 is 9.13 Å². The molecular formula is C26H24FNO. The predicted octanol–water partition coefficient (Wildman–Crippen LogP) is 6.79. The quantitative estimate of drug-likeness (QED) is 0.395. The van der Waals surface area contributed by atoms with Crippen molar-refractivity contribution in [3.63, 3.8) is 0 Å². The van der Waals surface area contributed by atoms with Crippen LogP contribution in [0.15, 0.2) is 78.9 Å². The van der Waals surface area contributed by atoms with Gasteiger partial charge in [0.25, 0.3) is 0 Å². The van der Waals surface area contributed by atoms with Crippen LogP contribution in [0.1, 0.15) is 22.3 Å². The number of anilines is 1. The third kappa shape index (κ3) is 4.24. The van der Waals surface area contributed by atoms with E-state index in [2.05, 4.69) is 49.5 Å². The van der Waals surface area contributed by atoms with Crippen LogP contribution in [0.5, 0.6) is 5.75 Å². The molecule has 0 bridgehead atoms. The molecule has 0 aliphatic heterocycles. The van der Waals surface area contributed by atoms with Crippen LogP contribution in [-0.2, 0) is 13.2 Å². The third-order valence-electron chi connectivity index (χ3n) is 5.19. The van der Waals surface area contributed by atoms with Crippen LogP contribution < -0.4 is 10.1 Å². The Hall–Kier alpha value is -3.33. The molecule has 4 rings (SSSR count). The van der Waals surface area contributed by atoms with Gasteiger partial charge in [0.05, 0.1) is 0 Å². The summed E-state index contributed by atoms with van der Waals surface area (Å²) in [7, 11) is 0. The topological polar surface area (TPSA) is 21.3 Å². The van der Waals surface area contributed by atoms with E-state index in [0.29, 0.717) is 12.1 Å². The number of hydrogen-bond acceptors (Lipinski definition) is 2. The molecular weight excluding hydrogens is 361 g/mol. The number of halogens is 1. The van der Waals surface area contributed by atoms with Crippen LogP contribution in [0.2, 0.25) is 0 Å². The summed E-state index contributed by atoms with van der Waals surface area (Å²) in [5.41, 5.74) is 5.14. The summed E-state index contributed by atoms with van der Waals surface area (Å²) in [5.74, 6) is 0.521. The van der Waals surface area contributed by atoms with E-state index in [1.807, 2.05) is 30.3 Å². The van der Waals surface area contributed by atoms with E-state index in [-0.39, 0.29) is 12.4 Å². The van der Waals surface area contributed by atoms with Crippen LogP contribution in [0.4, 0.5) is 10.1 Å². The Labute approximate surface area is 171 Å². The van der Waals surface area contributed by atoms with Crippen LogP contribution in [-0.4, -0.2) is 0 Å².